The van der Waals surface area contributed by atoms with Gasteiger partial charge in [-0.25, -0.2) is 4.98 Å². The lowest BCUT2D eigenvalue weighted by Crippen LogP contribution is -2.30. The molecule has 2 heterocycles. The Bertz CT molecular complexity index is 700. The smallest absolute Gasteiger partial charge is 0.274 e. The summed E-state index contributed by atoms with van der Waals surface area (Å²) in [6, 6.07) is 8.75. The molecule has 0 fully saturated rings. The predicted octanol–water partition coefficient (Wildman–Crippen LogP) is 3.40. The van der Waals surface area contributed by atoms with Crippen LogP contribution >= 0.6 is 0 Å². The molecule has 23 heavy (non-hydrogen) atoms. The van der Waals surface area contributed by atoms with Gasteiger partial charge >= 0.3 is 0 Å². The van der Waals surface area contributed by atoms with Gasteiger partial charge in [0.15, 0.2) is 0 Å². The molecule has 0 spiro atoms. The van der Waals surface area contributed by atoms with Gasteiger partial charge in [-0.1, -0.05) is 29.8 Å². The molecule has 0 saturated carbocycles. The molecule has 3 rings (SSSR count). The largest absolute Gasteiger partial charge is 0.338 e. The predicted molar refractivity (Wildman–Crippen MR) is 91.7 cm³/mol. The number of benzene rings is 1. The highest BCUT2D eigenvalue weighted by Gasteiger charge is 2.24. The molecule has 1 amide bonds. The van der Waals surface area contributed by atoms with Gasteiger partial charge in [-0.3, -0.25) is 4.79 Å². The van der Waals surface area contributed by atoms with Gasteiger partial charge in [0.2, 0.25) is 0 Å². The van der Waals surface area contributed by atoms with Crippen LogP contribution in [-0.4, -0.2) is 33.4 Å². The first-order valence-corrected chi connectivity index (χ1v) is 8.54. The SMILES string of the molecule is CCN(CC)C(=O)c1cn2c(n1)CCC(c1cccc(C)c1)C2. The van der Waals surface area contributed by atoms with E-state index in [1.54, 1.807) is 0 Å². The van der Waals surface area contributed by atoms with E-state index in [0.717, 1.165) is 38.3 Å². The van der Waals surface area contributed by atoms with Gasteiger partial charge in [0.25, 0.3) is 5.91 Å². The van der Waals surface area contributed by atoms with E-state index < -0.39 is 0 Å². The lowest BCUT2D eigenvalue weighted by atomic mass is 9.91. The zero-order chi connectivity index (χ0) is 16.4. The Balaban J connectivity index is 1.81. The number of aromatic nitrogens is 2. The van der Waals surface area contributed by atoms with Crippen LogP contribution in [0.4, 0.5) is 0 Å². The Morgan fingerprint density at radius 1 is 1.35 bits per heavy atom. The summed E-state index contributed by atoms with van der Waals surface area (Å²) < 4.78 is 2.17. The maximum absolute atomic E-state index is 12.5. The molecule has 1 unspecified atom stereocenters. The highest BCUT2D eigenvalue weighted by molar-refractivity contribution is 5.92. The number of nitrogens with zero attached hydrogens (tertiary/aromatic N) is 3. The molecule has 1 aliphatic heterocycles. The number of hydrogen-bond donors (Lipinski definition) is 0. The van der Waals surface area contributed by atoms with Crippen LogP contribution in [-0.2, 0) is 13.0 Å². The van der Waals surface area contributed by atoms with E-state index in [4.69, 9.17) is 0 Å². The lowest BCUT2D eigenvalue weighted by molar-refractivity contribution is 0.0767. The number of hydrogen-bond acceptors (Lipinski definition) is 2. The normalized spacial score (nSPS) is 16.9. The van der Waals surface area contributed by atoms with Crippen LogP contribution in [0.2, 0.25) is 0 Å². The molecular formula is C19H25N3O. The van der Waals surface area contributed by atoms with Crippen LogP contribution in [0.5, 0.6) is 0 Å². The number of rotatable bonds is 4. The van der Waals surface area contributed by atoms with Crippen molar-refractivity contribution < 1.29 is 4.79 Å². The fourth-order valence-corrected chi connectivity index (χ4v) is 3.42. The fourth-order valence-electron chi connectivity index (χ4n) is 3.42. The van der Waals surface area contributed by atoms with Crippen LogP contribution < -0.4 is 0 Å². The van der Waals surface area contributed by atoms with Crippen molar-refractivity contribution in [2.45, 2.75) is 46.1 Å². The van der Waals surface area contributed by atoms with Crippen LogP contribution in [0.1, 0.15) is 53.6 Å². The number of amides is 1. The van der Waals surface area contributed by atoms with E-state index in [0.29, 0.717) is 11.6 Å². The maximum Gasteiger partial charge on any atom is 0.274 e. The summed E-state index contributed by atoms with van der Waals surface area (Å²) in [7, 11) is 0. The van der Waals surface area contributed by atoms with Crippen molar-refractivity contribution >= 4 is 5.91 Å². The molecule has 1 aromatic heterocycles. The van der Waals surface area contributed by atoms with Gasteiger partial charge in [0.1, 0.15) is 11.5 Å². The van der Waals surface area contributed by atoms with Crippen molar-refractivity contribution in [3.63, 3.8) is 0 Å². The van der Waals surface area contributed by atoms with Crippen molar-refractivity contribution in [2.75, 3.05) is 13.1 Å². The number of aryl methyl sites for hydroxylation is 2. The summed E-state index contributed by atoms with van der Waals surface area (Å²) in [6.45, 7) is 8.51. The zero-order valence-corrected chi connectivity index (χ0v) is 14.2. The topological polar surface area (TPSA) is 38.1 Å². The third-order valence-electron chi connectivity index (χ3n) is 4.78. The average molecular weight is 311 g/mol. The maximum atomic E-state index is 12.5. The molecule has 2 aromatic rings. The monoisotopic (exact) mass is 311 g/mol. The summed E-state index contributed by atoms with van der Waals surface area (Å²) in [4.78, 5) is 18.9. The fraction of sp³-hybridized carbons (Fsp3) is 0.474. The average Bonchev–Trinajstić information content (AvgIpc) is 2.99. The van der Waals surface area contributed by atoms with Crippen LogP contribution in [0.15, 0.2) is 30.5 Å². The molecule has 1 atom stereocenters. The molecule has 122 valence electrons. The molecular weight excluding hydrogens is 286 g/mol. The molecule has 0 radical (unpaired) electrons. The first kappa shape index (κ1) is 15.8. The quantitative estimate of drug-likeness (QED) is 0.868. The van der Waals surface area contributed by atoms with Gasteiger partial charge in [-0.15, -0.1) is 0 Å². The van der Waals surface area contributed by atoms with Crippen LogP contribution in [0.3, 0.4) is 0 Å². The second kappa shape index (κ2) is 6.57. The van der Waals surface area contributed by atoms with Gasteiger partial charge in [-0.2, -0.15) is 0 Å². The minimum absolute atomic E-state index is 0.0454. The van der Waals surface area contributed by atoms with Crippen molar-refractivity contribution in [1.29, 1.82) is 0 Å². The Morgan fingerprint density at radius 3 is 2.83 bits per heavy atom. The summed E-state index contributed by atoms with van der Waals surface area (Å²) in [6.07, 6.45) is 3.97. The standard InChI is InChI=1S/C19H25N3O/c1-4-21(5-2)19(23)17-13-22-12-16(9-10-18(22)20-17)15-8-6-7-14(3)11-15/h6-8,11,13,16H,4-5,9-10,12H2,1-3H3. The van der Waals surface area contributed by atoms with E-state index in [-0.39, 0.29) is 5.91 Å². The van der Waals surface area contributed by atoms with E-state index in [1.807, 2.05) is 24.9 Å². The molecule has 0 aliphatic carbocycles. The second-order valence-corrected chi connectivity index (χ2v) is 6.32. The van der Waals surface area contributed by atoms with Gasteiger partial charge < -0.3 is 9.47 Å². The number of carbonyl (C=O) groups is 1. The van der Waals surface area contributed by atoms with Crippen LogP contribution in [0, 0.1) is 6.92 Å². The minimum atomic E-state index is 0.0454. The third kappa shape index (κ3) is 3.16. The van der Waals surface area contributed by atoms with Crippen molar-refractivity contribution in [3.8, 4) is 0 Å². The van der Waals surface area contributed by atoms with Crippen molar-refractivity contribution in [1.82, 2.24) is 14.5 Å². The first-order chi connectivity index (χ1) is 11.1. The highest BCUT2D eigenvalue weighted by atomic mass is 16.2. The van der Waals surface area contributed by atoms with Gasteiger partial charge in [0.05, 0.1) is 0 Å². The molecule has 4 nitrogen and oxygen atoms in total. The number of fused-ring (bicyclic) bond motifs is 1. The Morgan fingerprint density at radius 2 is 2.13 bits per heavy atom. The van der Waals surface area contributed by atoms with E-state index >= 15 is 0 Å². The number of imidazole rings is 1. The Labute approximate surface area is 138 Å². The summed E-state index contributed by atoms with van der Waals surface area (Å²) in [5.74, 6) is 1.60. The molecule has 4 heteroatoms. The zero-order valence-electron chi connectivity index (χ0n) is 14.2. The van der Waals surface area contributed by atoms with Gasteiger partial charge in [0, 0.05) is 38.2 Å². The second-order valence-electron chi connectivity index (χ2n) is 6.32. The van der Waals surface area contributed by atoms with Gasteiger partial charge in [-0.05, 0) is 32.8 Å². The molecule has 0 N–H and O–H groups in total. The summed E-state index contributed by atoms with van der Waals surface area (Å²) in [5.41, 5.74) is 3.28. The van der Waals surface area contributed by atoms with Crippen molar-refractivity contribution in [2.24, 2.45) is 0 Å². The summed E-state index contributed by atoms with van der Waals surface area (Å²) in [5, 5.41) is 0. The molecule has 0 bridgehead atoms. The first-order valence-electron chi connectivity index (χ1n) is 8.54. The molecule has 0 saturated heterocycles. The Kier molecular flexibility index (Phi) is 4.51. The van der Waals surface area contributed by atoms with Crippen LogP contribution in [0.25, 0.3) is 0 Å². The molecule has 1 aliphatic rings. The lowest BCUT2D eigenvalue weighted by Gasteiger charge is -2.24. The number of carbonyl (C=O) groups excluding carboxylic acids is 1. The Hall–Kier alpha value is -2.10. The highest BCUT2D eigenvalue weighted by Crippen LogP contribution is 2.29. The summed E-state index contributed by atoms with van der Waals surface area (Å²) >= 11 is 0. The third-order valence-corrected chi connectivity index (χ3v) is 4.78. The van der Waals surface area contributed by atoms with E-state index in [9.17, 15) is 4.79 Å². The minimum Gasteiger partial charge on any atom is -0.338 e. The van der Waals surface area contributed by atoms with E-state index in [2.05, 4.69) is 40.7 Å². The molecule has 1 aromatic carbocycles. The van der Waals surface area contributed by atoms with Crippen molar-refractivity contribution in [3.05, 3.63) is 53.1 Å². The van der Waals surface area contributed by atoms with E-state index in [1.165, 1.54) is 11.1 Å².